The van der Waals surface area contributed by atoms with Crippen LogP contribution in [0.4, 0.5) is 15.8 Å². The fourth-order valence-electron chi connectivity index (χ4n) is 1.98. The van der Waals surface area contributed by atoms with Gasteiger partial charge in [0.25, 0.3) is 0 Å². The molecule has 1 aromatic rings. The molecule has 1 saturated heterocycles. The summed E-state index contributed by atoms with van der Waals surface area (Å²) in [6.45, 7) is 3.31. The fraction of sp³-hybridized carbons (Fsp3) is 0.462. The summed E-state index contributed by atoms with van der Waals surface area (Å²) >= 11 is 0. The van der Waals surface area contributed by atoms with Crippen LogP contribution >= 0.6 is 0 Å². The molecule has 0 saturated carbocycles. The number of benzene rings is 1. The maximum absolute atomic E-state index is 13.9. The van der Waals surface area contributed by atoms with Gasteiger partial charge in [-0.05, 0) is 38.5 Å². The average molecular weight is 315 g/mol. The van der Waals surface area contributed by atoms with Crippen molar-refractivity contribution in [3.05, 3.63) is 24.0 Å². The molecule has 0 unspecified atom stereocenters. The number of sulfonamides is 1. The summed E-state index contributed by atoms with van der Waals surface area (Å²) < 4.78 is 38.6. The molecule has 0 spiro atoms. The van der Waals surface area contributed by atoms with Crippen LogP contribution in [0.3, 0.4) is 0 Å². The zero-order valence-corrected chi connectivity index (χ0v) is 12.7. The maximum atomic E-state index is 13.9. The van der Waals surface area contributed by atoms with Crippen molar-refractivity contribution in [2.24, 2.45) is 5.73 Å². The highest BCUT2D eigenvalue weighted by atomic mass is 32.2. The van der Waals surface area contributed by atoms with Crippen molar-refractivity contribution in [1.29, 1.82) is 0 Å². The van der Waals surface area contributed by atoms with Crippen molar-refractivity contribution in [2.75, 3.05) is 21.9 Å². The molecule has 0 bridgehead atoms. The summed E-state index contributed by atoms with van der Waals surface area (Å²) in [4.78, 5) is 11.8. The van der Waals surface area contributed by atoms with Gasteiger partial charge in [-0.3, -0.25) is 9.10 Å². The van der Waals surface area contributed by atoms with Gasteiger partial charge in [0.1, 0.15) is 5.82 Å². The molecule has 1 fully saturated rings. The summed E-state index contributed by atoms with van der Waals surface area (Å²) in [6.07, 6.45) is 0.453. The van der Waals surface area contributed by atoms with Crippen LogP contribution in [-0.2, 0) is 14.8 Å². The van der Waals surface area contributed by atoms with Gasteiger partial charge >= 0.3 is 0 Å². The lowest BCUT2D eigenvalue weighted by atomic mass is 10.1. The predicted octanol–water partition coefficient (Wildman–Crippen LogP) is 1.04. The summed E-state index contributed by atoms with van der Waals surface area (Å²) in [5, 5.41) is 2.55. The first-order valence-corrected chi connectivity index (χ1v) is 8.12. The number of nitrogens with two attached hydrogens (primary N) is 1. The van der Waals surface area contributed by atoms with Crippen molar-refractivity contribution < 1.29 is 17.6 Å². The van der Waals surface area contributed by atoms with Crippen LogP contribution in [0.5, 0.6) is 0 Å². The molecule has 0 aliphatic carbocycles. The lowest BCUT2D eigenvalue weighted by molar-refractivity contribution is -0.120. The van der Waals surface area contributed by atoms with E-state index in [1.807, 2.05) is 0 Å². The van der Waals surface area contributed by atoms with Crippen LogP contribution < -0.4 is 15.4 Å². The SMILES string of the molecule is CC(C)(N)C(=O)Nc1ccc(F)c(N2CCCS2(=O)=O)c1. The van der Waals surface area contributed by atoms with Gasteiger partial charge in [-0.2, -0.15) is 0 Å². The monoisotopic (exact) mass is 315 g/mol. The number of nitrogens with zero attached hydrogens (tertiary/aromatic N) is 1. The molecule has 0 aromatic heterocycles. The van der Waals surface area contributed by atoms with E-state index in [1.54, 1.807) is 0 Å². The molecule has 1 amide bonds. The molecule has 6 nitrogen and oxygen atoms in total. The zero-order valence-electron chi connectivity index (χ0n) is 11.9. The summed E-state index contributed by atoms with van der Waals surface area (Å²) in [7, 11) is -3.48. The minimum atomic E-state index is -3.48. The number of amides is 1. The van der Waals surface area contributed by atoms with Crippen LogP contribution in [0.2, 0.25) is 0 Å². The molecule has 1 aliphatic heterocycles. The van der Waals surface area contributed by atoms with Gasteiger partial charge in [0.05, 0.1) is 17.0 Å². The maximum Gasteiger partial charge on any atom is 0.243 e. The minimum Gasteiger partial charge on any atom is -0.324 e. The van der Waals surface area contributed by atoms with Gasteiger partial charge in [0, 0.05) is 12.2 Å². The highest BCUT2D eigenvalue weighted by Crippen LogP contribution is 2.29. The van der Waals surface area contributed by atoms with Crippen molar-refractivity contribution in [3.8, 4) is 0 Å². The van der Waals surface area contributed by atoms with Gasteiger partial charge < -0.3 is 11.1 Å². The first-order valence-electron chi connectivity index (χ1n) is 6.51. The first-order chi connectivity index (χ1) is 9.61. The Bertz CT molecular complexity index is 668. The number of nitrogens with one attached hydrogen (secondary N) is 1. The molecule has 21 heavy (non-hydrogen) atoms. The molecular formula is C13H18FN3O3S. The second-order valence-electron chi connectivity index (χ2n) is 5.58. The van der Waals surface area contributed by atoms with E-state index < -0.39 is 27.3 Å². The molecule has 2 rings (SSSR count). The van der Waals surface area contributed by atoms with Gasteiger partial charge in [-0.1, -0.05) is 0 Å². The van der Waals surface area contributed by atoms with Gasteiger partial charge in [0.2, 0.25) is 15.9 Å². The van der Waals surface area contributed by atoms with Crippen LogP contribution in [0.25, 0.3) is 0 Å². The van der Waals surface area contributed by atoms with Crippen molar-refractivity contribution >= 4 is 27.3 Å². The molecule has 1 aromatic carbocycles. The lowest BCUT2D eigenvalue weighted by Gasteiger charge is -2.21. The highest BCUT2D eigenvalue weighted by molar-refractivity contribution is 7.93. The van der Waals surface area contributed by atoms with E-state index in [0.717, 1.165) is 10.4 Å². The third-order valence-electron chi connectivity index (χ3n) is 3.16. The number of hydrogen-bond acceptors (Lipinski definition) is 4. The molecule has 1 aliphatic rings. The normalized spacial score (nSPS) is 17.8. The van der Waals surface area contributed by atoms with E-state index in [1.165, 1.54) is 26.0 Å². The van der Waals surface area contributed by atoms with Crippen LogP contribution in [0.15, 0.2) is 18.2 Å². The zero-order chi connectivity index (χ0) is 15.8. The van der Waals surface area contributed by atoms with Crippen LogP contribution in [-0.4, -0.2) is 32.2 Å². The van der Waals surface area contributed by atoms with Gasteiger partial charge in [-0.25, -0.2) is 12.8 Å². The topological polar surface area (TPSA) is 92.5 Å². The Hall–Kier alpha value is -1.67. The van der Waals surface area contributed by atoms with E-state index in [2.05, 4.69) is 5.32 Å². The van der Waals surface area contributed by atoms with Crippen molar-refractivity contribution in [1.82, 2.24) is 0 Å². The standard InChI is InChI=1S/C13H18FN3O3S/c1-13(2,15)12(18)16-9-4-5-10(14)11(8-9)17-6-3-7-21(17,19)20/h4-5,8H,3,6-7,15H2,1-2H3,(H,16,18). The third kappa shape index (κ3) is 3.33. The van der Waals surface area contributed by atoms with E-state index in [-0.39, 0.29) is 18.0 Å². The number of carbonyl (C=O) groups excluding carboxylic acids is 1. The molecule has 0 atom stereocenters. The summed E-state index contributed by atoms with van der Waals surface area (Å²) in [5.74, 6) is -1.09. The van der Waals surface area contributed by atoms with E-state index in [0.29, 0.717) is 12.1 Å². The Morgan fingerprint density at radius 1 is 1.43 bits per heavy atom. The number of carbonyl (C=O) groups is 1. The Balaban J connectivity index is 2.32. The largest absolute Gasteiger partial charge is 0.324 e. The predicted molar refractivity (Wildman–Crippen MR) is 79.0 cm³/mol. The van der Waals surface area contributed by atoms with Crippen molar-refractivity contribution in [2.45, 2.75) is 25.8 Å². The second kappa shape index (κ2) is 5.27. The summed E-state index contributed by atoms with van der Waals surface area (Å²) in [5.41, 5.74) is 4.83. The molecule has 3 N–H and O–H groups in total. The van der Waals surface area contributed by atoms with Crippen molar-refractivity contribution in [3.63, 3.8) is 0 Å². The Kier molecular flexibility index (Phi) is 3.94. The molecule has 1 heterocycles. The molecule has 0 radical (unpaired) electrons. The third-order valence-corrected chi connectivity index (χ3v) is 5.01. The van der Waals surface area contributed by atoms with Crippen LogP contribution in [0.1, 0.15) is 20.3 Å². The second-order valence-corrected chi connectivity index (χ2v) is 7.60. The van der Waals surface area contributed by atoms with E-state index in [9.17, 15) is 17.6 Å². The minimum absolute atomic E-state index is 0.00113. The Morgan fingerprint density at radius 3 is 2.62 bits per heavy atom. The Labute approximate surface area is 123 Å². The van der Waals surface area contributed by atoms with Gasteiger partial charge in [-0.15, -0.1) is 0 Å². The fourth-order valence-corrected chi connectivity index (χ4v) is 3.55. The number of rotatable bonds is 3. The van der Waals surface area contributed by atoms with Crippen LogP contribution in [0, 0.1) is 5.82 Å². The number of anilines is 2. The lowest BCUT2D eigenvalue weighted by Crippen LogP contribution is -2.45. The molecular weight excluding hydrogens is 297 g/mol. The quantitative estimate of drug-likeness (QED) is 0.871. The number of hydrogen-bond donors (Lipinski definition) is 2. The van der Waals surface area contributed by atoms with E-state index >= 15 is 0 Å². The van der Waals surface area contributed by atoms with E-state index in [4.69, 9.17) is 5.73 Å². The average Bonchev–Trinajstić information content (AvgIpc) is 2.70. The molecule has 116 valence electrons. The van der Waals surface area contributed by atoms with Gasteiger partial charge in [0.15, 0.2) is 0 Å². The smallest absolute Gasteiger partial charge is 0.243 e. The Morgan fingerprint density at radius 2 is 2.10 bits per heavy atom. The number of halogens is 1. The first kappa shape index (κ1) is 15.7. The summed E-state index contributed by atoms with van der Waals surface area (Å²) in [6, 6.07) is 3.80. The highest BCUT2D eigenvalue weighted by Gasteiger charge is 2.31. The molecule has 8 heteroatoms.